The van der Waals surface area contributed by atoms with Gasteiger partial charge in [0.2, 0.25) is 0 Å². The Morgan fingerprint density at radius 3 is 1.37 bits per heavy atom. The second-order valence-electron chi connectivity index (χ2n) is 6.90. The number of pyridine rings is 2. The van der Waals surface area contributed by atoms with E-state index >= 15 is 0 Å². The van der Waals surface area contributed by atoms with Crippen molar-refractivity contribution < 1.29 is 28.6 Å². The van der Waals surface area contributed by atoms with E-state index < -0.39 is 11.9 Å². The summed E-state index contributed by atoms with van der Waals surface area (Å²) in [5, 5.41) is 15.2. The third kappa shape index (κ3) is 9.94. The van der Waals surface area contributed by atoms with E-state index in [1.54, 1.807) is 36.7 Å². The van der Waals surface area contributed by atoms with Crippen molar-refractivity contribution in [2.75, 3.05) is 13.3 Å². The van der Waals surface area contributed by atoms with E-state index in [2.05, 4.69) is 74.0 Å². The van der Waals surface area contributed by atoms with Crippen LogP contribution in [-0.2, 0) is 19.8 Å². The van der Waals surface area contributed by atoms with Crippen LogP contribution in [0.4, 0.5) is 8.78 Å². The Bertz CT molecular complexity index is 1140. The fourth-order valence-electron chi connectivity index (χ4n) is 2.59. The molecule has 0 atom stereocenters. The number of aromatic nitrogens is 6. The maximum atomic E-state index is 12.4. The smallest absolute Gasteiger partial charge is 0.193 e. The Morgan fingerprint density at radius 2 is 1.09 bits per heavy atom. The average molecular weight is 669 g/mol. The molecule has 35 heavy (non-hydrogen) atoms. The maximum Gasteiger partial charge on any atom is 0.193 e. The van der Waals surface area contributed by atoms with Gasteiger partial charge in [0.1, 0.15) is 0 Å². The van der Waals surface area contributed by atoms with Gasteiger partial charge >= 0.3 is 0 Å². The van der Waals surface area contributed by atoms with Gasteiger partial charge in [0.05, 0.1) is 18.6 Å². The van der Waals surface area contributed by atoms with E-state index in [0.29, 0.717) is 22.8 Å². The first-order valence-corrected chi connectivity index (χ1v) is 12.5. The summed E-state index contributed by atoms with van der Waals surface area (Å²) in [5.41, 5.74) is 2.20. The van der Waals surface area contributed by atoms with Gasteiger partial charge in [-0.05, 0) is 48.5 Å². The normalized spacial score (nSPS) is 9.51. The first kappa shape index (κ1) is 29.9. The molecular formula is C25H25F2N6OsP-2. The summed E-state index contributed by atoms with van der Waals surface area (Å²) in [5.74, 6) is -1.15. The van der Waals surface area contributed by atoms with E-state index in [9.17, 15) is 8.78 Å². The van der Waals surface area contributed by atoms with Crippen molar-refractivity contribution in [3.8, 4) is 22.8 Å². The molecule has 0 amide bonds. The zero-order valence-corrected chi connectivity index (χ0v) is 23.0. The fourth-order valence-corrected chi connectivity index (χ4v) is 3.45. The van der Waals surface area contributed by atoms with E-state index in [1.165, 1.54) is 17.4 Å². The number of benzene rings is 1. The van der Waals surface area contributed by atoms with Crippen LogP contribution in [0.25, 0.3) is 22.8 Å². The number of hydrogen-bond donors (Lipinski definition) is 0. The van der Waals surface area contributed by atoms with Crippen LogP contribution in [0, 0.1) is 19.3 Å². The molecule has 6 nitrogen and oxygen atoms in total. The van der Waals surface area contributed by atoms with Gasteiger partial charge in [-0.3, -0.25) is 9.97 Å². The standard InChI is InChI=1S/2C8H5FN3.C8H11P.CH3.Os/c2*9-8-5-7(11-12-8)6-3-1-2-4-10-6;1-9(2)8-6-4-3-5-7-8;;/h2*1-5H;3-7H,1-2H3;1H3;/q2*-1;;-1;/p+1. The fraction of sp³-hybridized carbons (Fsp3) is 0.0800. The molecule has 184 valence electrons. The van der Waals surface area contributed by atoms with Crippen LogP contribution in [0.1, 0.15) is 0 Å². The molecule has 0 unspecified atom stereocenters. The molecule has 5 aromatic rings. The van der Waals surface area contributed by atoms with Crippen molar-refractivity contribution >= 4 is 13.2 Å². The van der Waals surface area contributed by atoms with Gasteiger partial charge in [-0.25, -0.2) is 0 Å². The van der Waals surface area contributed by atoms with E-state index in [4.69, 9.17) is 0 Å². The Balaban J connectivity index is 0.000000258. The summed E-state index contributed by atoms with van der Waals surface area (Å²) in [6.45, 7) is 4.61. The first-order valence-electron chi connectivity index (χ1n) is 10.0. The zero-order valence-electron chi connectivity index (χ0n) is 19.5. The van der Waals surface area contributed by atoms with Gasteiger partial charge in [0, 0.05) is 51.5 Å². The molecule has 0 aliphatic carbocycles. The summed E-state index contributed by atoms with van der Waals surface area (Å²) in [6, 6.07) is 23.9. The van der Waals surface area contributed by atoms with Gasteiger partial charge in [-0.15, -0.1) is 0 Å². The summed E-state index contributed by atoms with van der Waals surface area (Å²) < 4.78 is 24.8. The molecular weight excluding hydrogens is 644 g/mol. The maximum absolute atomic E-state index is 12.4. The summed E-state index contributed by atoms with van der Waals surface area (Å²) in [7, 11) is -0.212. The second-order valence-corrected chi connectivity index (χ2v) is 9.48. The summed E-state index contributed by atoms with van der Waals surface area (Å²) in [6.07, 6.45) is 3.25. The average Bonchev–Trinajstić information content (AvgIpc) is 3.50. The van der Waals surface area contributed by atoms with Crippen molar-refractivity contribution in [3.63, 3.8) is 0 Å². The molecule has 0 saturated heterocycles. The van der Waals surface area contributed by atoms with E-state index in [1.807, 2.05) is 12.1 Å². The van der Waals surface area contributed by atoms with Gasteiger partial charge in [0.15, 0.2) is 11.9 Å². The predicted octanol–water partition coefficient (Wildman–Crippen LogP) is 4.71. The van der Waals surface area contributed by atoms with Crippen LogP contribution in [-0.4, -0.2) is 33.5 Å². The van der Waals surface area contributed by atoms with Crippen molar-refractivity contribution in [1.29, 1.82) is 0 Å². The molecule has 0 bridgehead atoms. The number of nitrogens with zero attached hydrogens (tertiary/aromatic N) is 6. The summed E-state index contributed by atoms with van der Waals surface area (Å²) in [4.78, 5) is 7.99. The molecule has 0 fully saturated rings. The topological polar surface area (TPSA) is 79.8 Å². The van der Waals surface area contributed by atoms with E-state index in [-0.39, 0.29) is 35.1 Å². The van der Waals surface area contributed by atoms with Crippen molar-refractivity contribution in [2.24, 2.45) is 0 Å². The van der Waals surface area contributed by atoms with Gasteiger partial charge < -0.3 is 27.8 Å². The molecule has 10 heteroatoms. The van der Waals surface area contributed by atoms with Gasteiger partial charge in [-0.2, -0.15) is 8.78 Å². The molecule has 0 aliphatic heterocycles. The molecule has 4 aromatic heterocycles. The molecule has 0 spiro atoms. The SMILES string of the molecule is C[PH+](C)c1ccccc1.Fc1cc(-c2ccccn2)[n-]n1.Fc1cc(-c2ccccn2)[n-]n1.[CH3-].[Os]. The van der Waals surface area contributed by atoms with Gasteiger partial charge in [0.25, 0.3) is 0 Å². The van der Waals surface area contributed by atoms with Crippen LogP contribution >= 0.6 is 7.92 Å². The number of hydrogen-bond acceptors (Lipinski definition) is 4. The molecule has 4 heterocycles. The van der Waals surface area contributed by atoms with Crippen molar-refractivity contribution in [2.45, 2.75) is 0 Å². The Morgan fingerprint density at radius 1 is 0.657 bits per heavy atom. The zero-order chi connectivity index (χ0) is 23.5. The minimum absolute atomic E-state index is 0. The Labute approximate surface area is 218 Å². The van der Waals surface area contributed by atoms with Crippen LogP contribution in [0.2, 0.25) is 0 Å². The molecule has 0 aliphatic rings. The quantitative estimate of drug-likeness (QED) is 0.205. The van der Waals surface area contributed by atoms with Crippen molar-refractivity contribution in [3.05, 3.63) is 111 Å². The Hall–Kier alpha value is -3.13. The molecule has 5 rings (SSSR count). The monoisotopic (exact) mass is 670 g/mol. The minimum Gasteiger partial charge on any atom is -0.571 e. The van der Waals surface area contributed by atoms with Crippen LogP contribution in [0.3, 0.4) is 0 Å². The largest absolute Gasteiger partial charge is 0.571 e. The minimum atomic E-state index is -0.573. The van der Waals surface area contributed by atoms with Gasteiger partial charge in [-0.1, -0.05) is 41.7 Å². The van der Waals surface area contributed by atoms with Crippen LogP contribution < -0.4 is 15.5 Å². The third-order valence-corrected chi connectivity index (χ3v) is 5.71. The third-order valence-electron chi connectivity index (χ3n) is 4.22. The van der Waals surface area contributed by atoms with Crippen LogP contribution in [0.15, 0.2) is 91.3 Å². The first-order chi connectivity index (χ1) is 16.0. The van der Waals surface area contributed by atoms with Crippen LogP contribution in [0.5, 0.6) is 0 Å². The van der Waals surface area contributed by atoms with Crippen molar-refractivity contribution in [1.82, 2.24) is 30.4 Å². The summed E-state index contributed by atoms with van der Waals surface area (Å²) >= 11 is 0. The number of rotatable bonds is 3. The predicted molar refractivity (Wildman–Crippen MR) is 134 cm³/mol. The number of halogens is 2. The Kier molecular flexibility index (Phi) is 13.4. The molecule has 0 N–H and O–H groups in total. The molecule has 1 aromatic carbocycles. The second kappa shape index (κ2) is 15.7. The molecule has 0 saturated carbocycles. The van der Waals surface area contributed by atoms with E-state index in [0.717, 1.165) is 0 Å². The molecule has 0 radical (unpaired) electrons.